The van der Waals surface area contributed by atoms with Gasteiger partial charge in [0.2, 0.25) is 5.91 Å². The third kappa shape index (κ3) is 4.52. The standard InChI is InChI=1S/C29H26ClN3O5/c1-14-9-20(16(3)37-22-7-8-23(30)32-25(22)29(31)36)28-21(10-14)26(35)15(2)27(38-28)17-5-6-18-13-33(4)24(34)12-19(18)11-17/h5-11,16H,12-13H2,1-4H3,(H2,31,36)/t16-/m1/s1. The molecule has 0 saturated carbocycles. The molecule has 5 rings (SSSR count). The van der Waals surface area contributed by atoms with Gasteiger partial charge >= 0.3 is 0 Å². The van der Waals surface area contributed by atoms with Gasteiger partial charge in [-0.25, -0.2) is 4.98 Å². The minimum atomic E-state index is -0.773. The van der Waals surface area contributed by atoms with Gasteiger partial charge in [-0.2, -0.15) is 0 Å². The molecule has 1 aliphatic heterocycles. The Hall–Kier alpha value is -4.17. The largest absolute Gasteiger partial charge is 0.483 e. The number of carbonyl (C=O) groups is 2. The topological polar surface area (TPSA) is 116 Å². The molecule has 4 aromatic rings. The highest BCUT2D eigenvalue weighted by atomic mass is 35.5. The zero-order chi connectivity index (χ0) is 27.3. The Morgan fingerprint density at radius 3 is 2.63 bits per heavy atom. The Bertz CT molecular complexity index is 1690. The summed E-state index contributed by atoms with van der Waals surface area (Å²) in [6.45, 7) is 5.95. The van der Waals surface area contributed by atoms with Crippen LogP contribution in [-0.4, -0.2) is 28.7 Å². The molecule has 1 aliphatic rings. The second-order valence-corrected chi connectivity index (χ2v) is 10.0. The van der Waals surface area contributed by atoms with Gasteiger partial charge in [0.25, 0.3) is 5.91 Å². The Balaban J connectivity index is 1.63. The molecule has 1 atom stereocenters. The first-order valence-electron chi connectivity index (χ1n) is 12.1. The number of likely N-dealkylation sites (N-methyl/N-ethyl adjacent to an activating group) is 1. The lowest BCUT2D eigenvalue weighted by Gasteiger charge is -2.25. The summed E-state index contributed by atoms with van der Waals surface area (Å²) in [4.78, 5) is 43.4. The summed E-state index contributed by atoms with van der Waals surface area (Å²) in [7, 11) is 1.78. The molecule has 38 heavy (non-hydrogen) atoms. The highest BCUT2D eigenvalue weighted by Gasteiger charge is 2.24. The third-order valence-electron chi connectivity index (χ3n) is 6.83. The number of aryl methyl sites for hydroxylation is 1. The number of pyridine rings is 1. The number of benzene rings is 2. The van der Waals surface area contributed by atoms with Gasteiger partial charge in [-0.3, -0.25) is 14.4 Å². The normalized spacial score (nSPS) is 13.9. The van der Waals surface area contributed by atoms with Crippen molar-refractivity contribution >= 4 is 34.4 Å². The van der Waals surface area contributed by atoms with Crippen LogP contribution in [0.1, 0.15) is 51.3 Å². The van der Waals surface area contributed by atoms with Crippen LogP contribution in [0.15, 0.2) is 51.7 Å². The van der Waals surface area contributed by atoms with Crippen molar-refractivity contribution < 1.29 is 18.7 Å². The van der Waals surface area contributed by atoms with Crippen LogP contribution in [0.2, 0.25) is 5.15 Å². The highest BCUT2D eigenvalue weighted by molar-refractivity contribution is 6.29. The predicted octanol–water partition coefficient (Wildman–Crippen LogP) is 4.88. The van der Waals surface area contributed by atoms with Crippen molar-refractivity contribution in [3.63, 3.8) is 0 Å². The van der Waals surface area contributed by atoms with Crippen LogP contribution >= 0.6 is 11.6 Å². The number of halogens is 1. The Morgan fingerprint density at radius 1 is 1.13 bits per heavy atom. The van der Waals surface area contributed by atoms with E-state index in [1.54, 1.807) is 31.9 Å². The fourth-order valence-corrected chi connectivity index (χ4v) is 4.97. The van der Waals surface area contributed by atoms with Crippen molar-refractivity contribution in [2.75, 3.05) is 7.05 Å². The summed E-state index contributed by atoms with van der Waals surface area (Å²) in [6, 6.07) is 12.5. The molecule has 0 saturated heterocycles. The van der Waals surface area contributed by atoms with Gasteiger partial charge in [0.1, 0.15) is 22.6 Å². The van der Waals surface area contributed by atoms with Crippen LogP contribution in [-0.2, 0) is 17.8 Å². The van der Waals surface area contributed by atoms with Crippen LogP contribution < -0.4 is 15.9 Å². The Kier molecular flexibility index (Phi) is 6.44. The number of hydrogen-bond acceptors (Lipinski definition) is 6. The van der Waals surface area contributed by atoms with Crippen molar-refractivity contribution in [1.29, 1.82) is 0 Å². The van der Waals surface area contributed by atoms with E-state index in [1.807, 2.05) is 31.2 Å². The molecule has 0 bridgehead atoms. The maximum atomic E-state index is 13.5. The third-order valence-corrected chi connectivity index (χ3v) is 7.05. The first-order chi connectivity index (χ1) is 18.0. The molecule has 0 unspecified atom stereocenters. The Labute approximate surface area is 224 Å². The molecule has 2 aromatic heterocycles. The minimum Gasteiger partial charge on any atom is -0.483 e. The lowest BCUT2D eigenvalue weighted by atomic mass is 9.94. The van der Waals surface area contributed by atoms with E-state index in [2.05, 4.69) is 4.98 Å². The minimum absolute atomic E-state index is 0.0436. The predicted molar refractivity (Wildman–Crippen MR) is 144 cm³/mol. The molecule has 0 fully saturated rings. The summed E-state index contributed by atoms with van der Waals surface area (Å²) >= 11 is 5.94. The van der Waals surface area contributed by atoms with Crippen LogP contribution in [0.4, 0.5) is 0 Å². The second kappa shape index (κ2) is 9.61. The number of nitrogens with zero attached hydrogens (tertiary/aromatic N) is 2. The summed E-state index contributed by atoms with van der Waals surface area (Å²) in [6.07, 6.45) is -0.336. The maximum absolute atomic E-state index is 13.5. The van der Waals surface area contributed by atoms with Gasteiger partial charge in [0, 0.05) is 30.3 Å². The number of primary amides is 1. The van der Waals surface area contributed by atoms with E-state index in [0.29, 0.717) is 40.8 Å². The number of aromatic nitrogens is 1. The summed E-state index contributed by atoms with van der Waals surface area (Å²) in [5.41, 5.74) is 10.3. The maximum Gasteiger partial charge on any atom is 0.271 e. The first kappa shape index (κ1) is 25.5. The van der Waals surface area contributed by atoms with Gasteiger partial charge < -0.3 is 19.8 Å². The van der Waals surface area contributed by atoms with Gasteiger partial charge in [0.05, 0.1) is 11.8 Å². The zero-order valence-corrected chi connectivity index (χ0v) is 22.2. The average molecular weight is 532 g/mol. The van der Waals surface area contributed by atoms with Crippen molar-refractivity contribution in [3.05, 3.63) is 91.4 Å². The van der Waals surface area contributed by atoms with E-state index in [1.165, 1.54) is 12.1 Å². The lowest BCUT2D eigenvalue weighted by molar-refractivity contribution is -0.130. The van der Waals surface area contributed by atoms with Crippen molar-refractivity contribution in [3.8, 4) is 17.1 Å². The lowest BCUT2D eigenvalue weighted by Crippen LogP contribution is -2.32. The van der Waals surface area contributed by atoms with E-state index >= 15 is 0 Å². The molecule has 8 nitrogen and oxygen atoms in total. The monoisotopic (exact) mass is 531 g/mol. The first-order valence-corrected chi connectivity index (χ1v) is 12.5. The molecule has 2 aromatic carbocycles. The van der Waals surface area contributed by atoms with Gasteiger partial charge in [-0.1, -0.05) is 23.7 Å². The van der Waals surface area contributed by atoms with Crippen molar-refractivity contribution in [2.45, 2.75) is 39.8 Å². The number of ether oxygens (including phenoxy) is 1. The van der Waals surface area contributed by atoms with E-state index in [0.717, 1.165) is 22.3 Å². The molecule has 194 valence electrons. The van der Waals surface area contributed by atoms with Crippen LogP contribution in [0.25, 0.3) is 22.3 Å². The summed E-state index contributed by atoms with van der Waals surface area (Å²) in [5.74, 6) is -0.129. The van der Waals surface area contributed by atoms with Gasteiger partial charge in [0.15, 0.2) is 16.9 Å². The number of hydrogen-bond donors (Lipinski definition) is 1. The van der Waals surface area contributed by atoms with Crippen LogP contribution in [0.3, 0.4) is 0 Å². The quantitative estimate of drug-likeness (QED) is 0.367. The zero-order valence-electron chi connectivity index (χ0n) is 21.4. The molecule has 0 radical (unpaired) electrons. The summed E-state index contributed by atoms with van der Waals surface area (Å²) < 4.78 is 12.5. The molecular weight excluding hydrogens is 506 g/mol. The van der Waals surface area contributed by atoms with E-state index < -0.39 is 12.0 Å². The van der Waals surface area contributed by atoms with Gasteiger partial charge in [-0.05, 0) is 67.8 Å². The SMILES string of the molecule is Cc1cc([C@@H](C)Oc2ccc(Cl)nc2C(N)=O)c2oc(-c3ccc4c(c3)CC(=O)N(C)C4)c(C)c(=O)c2c1. The number of carbonyl (C=O) groups excluding carboxylic acids is 2. The molecule has 2 N–H and O–H groups in total. The highest BCUT2D eigenvalue weighted by Crippen LogP contribution is 2.34. The number of fused-ring (bicyclic) bond motifs is 2. The average Bonchev–Trinajstić information content (AvgIpc) is 2.87. The molecule has 2 amide bonds. The number of rotatable bonds is 5. The van der Waals surface area contributed by atoms with Crippen molar-refractivity contribution in [1.82, 2.24) is 9.88 Å². The van der Waals surface area contributed by atoms with E-state index in [9.17, 15) is 14.4 Å². The summed E-state index contributed by atoms with van der Waals surface area (Å²) in [5, 5.41) is 0.542. The smallest absolute Gasteiger partial charge is 0.271 e. The van der Waals surface area contributed by atoms with Crippen LogP contribution in [0.5, 0.6) is 5.75 Å². The number of amides is 2. The fraction of sp³-hybridized carbons (Fsp3) is 0.241. The second-order valence-electron chi connectivity index (χ2n) is 9.63. The molecule has 0 spiro atoms. The molecular formula is C29H26ClN3O5. The molecule has 3 heterocycles. The van der Waals surface area contributed by atoms with E-state index in [-0.39, 0.29) is 27.9 Å². The number of nitrogens with two attached hydrogens (primary N) is 1. The van der Waals surface area contributed by atoms with E-state index in [4.69, 9.17) is 26.5 Å². The van der Waals surface area contributed by atoms with Crippen LogP contribution in [0, 0.1) is 13.8 Å². The fourth-order valence-electron chi connectivity index (χ4n) is 4.82. The Morgan fingerprint density at radius 2 is 1.89 bits per heavy atom. The molecule has 0 aliphatic carbocycles. The van der Waals surface area contributed by atoms with Crippen molar-refractivity contribution in [2.24, 2.45) is 5.73 Å². The van der Waals surface area contributed by atoms with Gasteiger partial charge in [-0.15, -0.1) is 0 Å². The molecule has 9 heteroatoms.